The van der Waals surface area contributed by atoms with Crippen LogP contribution in [-0.4, -0.2) is 23.8 Å². The maximum absolute atomic E-state index is 11.6. The van der Waals surface area contributed by atoms with Crippen LogP contribution in [0.4, 0.5) is 0 Å². The Labute approximate surface area is 144 Å². The van der Waals surface area contributed by atoms with Gasteiger partial charge in [-0.05, 0) is 12.8 Å². The van der Waals surface area contributed by atoms with Crippen molar-refractivity contribution < 1.29 is 14.6 Å². The van der Waals surface area contributed by atoms with E-state index < -0.39 is 6.10 Å². The lowest BCUT2D eigenvalue weighted by atomic mass is 10.1. The molecule has 0 radical (unpaired) electrons. The van der Waals surface area contributed by atoms with Crippen LogP contribution in [0.25, 0.3) is 0 Å². The number of rotatable bonds is 17. The second-order valence-corrected chi connectivity index (χ2v) is 6.76. The Balaban J connectivity index is 3.33. The quantitative estimate of drug-likeness (QED) is 0.272. The maximum Gasteiger partial charge on any atom is 0.305 e. The second-order valence-electron chi connectivity index (χ2n) is 6.76. The highest BCUT2D eigenvalue weighted by atomic mass is 16.5. The summed E-state index contributed by atoms with van der Waals surface area (Å²) in [6.07, 6.45) is 16.5. The summed E-state index contributed by atoms with van der Waals surface area (Å²) in [5.41, 5.74) is 0. The van der Waals surface area contributed by atoms with E-state index in [1.165, 1.54) is 64.2 Å². The van der Waals surface area contributed by atoms with Crippen molar-refractivity contribution in [3.8, 4) is 0 Å². The number of hydrogen-bond donors (Lipinski definition) is 1. The molecule has 0 fully saturated rings. The third-order valence-electron chi connectivity index (χ3n) is 4.31. The first-order valence-electron chi connectivity index (χ1n) is 10.0. The number of ether oxygens (including phenoxy) is 1. The van der Waals surface area contributed by atoms with Crippen LogP contribution in [0.2, 0.25) is 0 Å². The third kappa shape index (κ3) is 17.6. The largest absolute Gasteiger partial charge is 0.463 e. The van der Waals surface area contributed by atoms with E-state index in [4.69, 9.17) is 4.74 Å². The number of esters is 1. The van der Waals surface area contributed by atoms with E-state index in [-0.39, 0.29) is 12.6 Å². The fourth-order valence-electron chi connectivity index (χ4n) is 2.73. The minimum atomic E-state index is -0.487. The van der Waals surface area contributed by atoms with Gasteiger partial charge >= 0.3 is 5.97 Å². The summed E-state index contributed by atoms with van der Waals surface area (Å²) in [6, 6.07) is 0. The number of aliphatic hydroxyl groups is 1. The maximum atomic E-state index is 11.6. The van der Waals surface area contributed by atoms with E-state index in [1.54, 1.807) is 0 Å². The van der Waals surface area contributed by atoms with Crippen molar-refractivity contribution >= 4 is 5.97 Å². The third-order valence-corrected chi connectivity index (χ3v) is 4.31. The molecule has 0 rings (SSSR count). The highest BCUT2D eigenvalue weighted by Crippen LogP contribution is 2.10. The van der Waals surface area contributed by atoms with Crippen LogP contribution in [0.1, 0.15) is 110 Å². The Kier molecular flexibility index (Phi) is 17.3. The smallest absolute Gasteiger partial charge is 0.305 e. The van der Waals surface area contributed by atoms with Crippen LogP contribution in [0.15, 0.2) is 0 Å². The van der Waals surface area contributed by atoms with Gasteiger partial charge in [0.2, 0.25) is 0 Å². The molecule has 138 valence electrons. The first kappa shape index (κ1) is 22.4. The van der Waals surface area contributed by atoms with Crippen LogP contribution in [-0.2, 0) is 9.53 Å². The number of unbranched alkanes of at least 4 members (excludes halogenated alkanes) is 11. The molecule has 0 aliphatic rings. The molecule has 0 aliphatic carbocycles. The molecule has 0 saturated heterocycles. The summed E-state index contributed by atoms with van der Waals surface area (Å²) < 4.78 is 5.16. The van der Waals surface area contributed by atoms with Gasteiger partial charge in [0, 0.05) is 6.42 Å². The highest BCUT2D eigenvalue weighted by molar-refractivity contribution is 5.69. The molecule has 0 heterocycles. The molecule has 3 nitrogen and oxygen atoms in total. The van der Waals surface area contributed by atoms with Crippen molar-refractivity contribution in [2.75, 3.05) is 6.61 Å². The fraction of sp³-hybridized carbons (Fsp3) is 0.950. The van der Waals surface area contributed by atoms with Gasteiger partial charge in [-0.2, -0.15) is 0 Å². The fourth-order valence-corrected chi connectivity index (χ4v) is 2.73. The van der Waals surface area contributed by atoms with Gasteiger partial charge in [0.1, 0.15) is 6.61 Å². The molecular weight excluding hydrogens is 288 g/mol. The Bertz CT molecular complexity index is 253. The lowest BCUT2D eigenvalue weighted by molar-refractivity contribution is -0.146. The van der Waals surface area contributed by atoms with E-state index >= 15 is 0 Å². The van der Waals surface area contributed by atoms with E-state index in [1.807, 2.05) is 0 Å². The van der Waals surface area contributed by atoms with Gasteiger partial charge in [-0.3, -0.25) is 4.79 Å². The van der Waals surface area contributed by atoms with E-state index in [0.717, 1.165) is 25.7 Å². The SMILES string of the molecule is CCCCCCCCCC(=O)OCC(O)CCCCCCCC. The zero-order valence-corrected chi connectivity index (χ0v) is 15.7. The molecular formula is C20H40O3. The van der Waals surface area contributed by atoms with Crippen LogP contribution < -0.4 is 0 Å². The predicted octanol–water partition coefficient (Wildman–Crippen LogP) is 5.78. The molecule has 23 heavy (non-hydrogen) atoms. The van der Waals surface area contributed by atoms with Crippen LogP contribution in [0.3, 0.4) is 0 Å². The van der Waals surface area contributed by atoms with Crippen molar-refractivity contribution in [3.05, 3.63) is 0 Å². The Morgan fingerprint density at radius 2 is 1.26 bits per heavy atom. The van der Waals surface area contributed by atoms with Crippen molar-refractivity contribution in [2.24, 2.45) is 0 Å². The Morgan fingerprint density at radius 1 is 0.783 bits per heavy atom. The van der Waals surface area contributed by atoms with Crippen molar-refractivity contribution in [1.82, 2.24) is 0 Å². The molecule has 0 aromatic rings. The molecule has 1 atom stereocenters. The average Bonchev–Trinajstić information content (AvgIpc) is 2.55. The number of aliphatic hydroxyl groups excluding tert-OH is 1. The highest BCUT2D eigenvalue weighted by Gasteiger charge is 2.08. The average molecular weight is 329 g/mol. The zero-order chi connectivity index (χ0) is 17.2. The van der Waals surface area contributed by atoms with Crippen LogP contribution in [0.5, 0.6) is 0 Å². The first-order valence-corrected chi connectivity index (χ1v) is 10.0. The molecule has 0 aromatic carbocycles. The lowest BCUT2D eigenvalue weighted by Gasteiger charge is -2.11. The molecule has 3 heteroatoms. The normalized spacial score (nSPS) is 12.3. The van der Waals surface area contributed by atoms with Gasteiger partial charge in [-0.1, -0.05) is 90.9 Å². The minimum Gasteiger partial charge on any atom is -0.463 e. The van der Waals surface area contributed by atoms with Gasteiger partial charge in [0.05, 0.1) is 6.10 Å². The Morgan fingerprint density at radius 3 is 1.83 bits per heavy atom. The molecule has 1 N–H and O–H groups in total. The molecule has 0 saturated carbocycles. The van der Waals surface area contributed by atoms with Crippen molar-refractivity contribution in [2.45, 2.75) is 116 Å². The van der Waals surface area contributed by atoms with Gasteiger partial charge in [-0.15, -0.1) is 0 Å². The second kappa shape index (κ2) is 17.8. The number of hydrogen-bond acceptors (Lipinski definition) is 3. The van der Waals surface area contributed by atoms with E-state index in [9.17, 15) is 9.90 Å². The summed E-state index contributed by atoms with van der Waals surface area (Å²) in [6.45, 7) is 4.60. The van der Waals surface area contributed by atoms with Crippen LogP contribution in [0, 0.1) is 0 Å². The summed E-state index contributed by atoms with van der Waals surface area (Å²) in [5, 5.41) is 9.82. The topological polar surface area (TPSA) is 46.5 Å². The minimum absolute atomic E-state index is 0.152. The lowest BCUT2D eigenvalue weighted by Crippen LogP contribution is -2.18. The molecule has 0 aromatic heterocycles. The first-order chi connectivity index (χ1) is 11.2. The van der Waals surface area contributed by atoms with Crippen molar-refractivity contribution in [1.29, 1.82) is 0 Å². The standard InChI is InChI=1S/C20H40O3/c1-3-5-7-9-11-13-15-17-20(22)23-18-19(21)16-14-12-10-8-6-4-2/h19,21H,3-18H2,1-2H3. The summed E-state index contributed by atoms with van der Waals surface area (Å²) in [4.78, 5) is 11.6. The summed E-state index contributed by atoms with van der Waals surface area (Å²) >= 11 is 0. The van der Waals surface area contributed by atoms with Gasteiger partial charge < -0.3 is 9.84 Å². The van der Waals surface area contributed by atoms with Crippen LogP contribution >= 0.6 is 0 Å². The molecule has 0 bridgehead atoms. The van der Waals surface area contributed by atoms with Gasteiger partial charge in [0.15, 0.2) is 0 Å². The summed E-state index contributed by atoms with van der Waals surface area (Å²) in [5.74, 6) is -0.152. The van der Waals surface area contributed by atoms with E-state index in [2.05, 4.69) is 13.8 Å². The molecule has 1 unspecified atom stereocenters. The zero-order valence-electron chi connectivity index (χ0n) is 15.7. The monoisotopic (exact) mass is 328 g/mol. The number of carbonyl (C=O) groups is 1. The van der Waals surface area contributed by atoms with E-state index in [0.29, 0.717) is 6.42 Å². The number of carbonyl (C=O) groups excluding carboxylic acids is 1. The Hall–Kier alpha value is -0.570. The molecule has 0 aliphatic heterocycles. The van der Waals surface area contributed by atoms with Crippen molar-refractivity contribution in [3.63, 3.8) is 0 Å². The predicted molar refractivity (Wildman–Crippen MR) is 97.6 cm³/mol. The van der Waals surface area contributed by atoms with Gasteiger partial charge in [-0.25, -0.2) is 0 Å². The molecule has 0 amide bonds. The van der Waals surface area contributed by atoms with Gasteiger partial charge in [0.25, 0.3) is 0 Å². The molecule has 0 spiro atoms. The summed E-state index contributed by atoms with van der Waals surface area (Å²) in [7, 11) is 0.